The molecule has 0 aromatic carbocycles. The SMILES string of the molecule is Cc1cc(C(=O)N2CCC(N)CC2)c(C)n1-c1nccs1.Cl.Cl. The molecule has 23 heavy (non-hydrogen) atoms. The van der Waals surface area contributed by atoms with Gasteiger partial charge in [-0.05, 0) is 32.8 Å². The van der Waals surface area contributed by atoms with Gasteiger partial charge in [0.15, 0.2) is 5.13 Å². The standard InChI is InChI=1S/C15H20N4OS.2ClH/c1-10-9-13(11(2)19(10)15-17-5-8-21-15)14(20)18-6-3-12(16)4-7-18;;/h5,8-9,12H,3-4,6-7,16H2,1-2H3;2*1H. The molecule has 2 aromatic heterocycles. The van der Waals surface area contributed by atoms with Crippen LogP contribution in [0.25, 0.3) is 5.13 Å². The molecule has 1 amide bonds. The Labute approximate surface area is 152 Å². The highest BCUT2D eigenvalue weighted by molar-refractivity contribution is 7.12. The molecule has 1 fully saturated rings. The molecule has 1 aliphatic rings. The normalized spacial score (nSPS) is 15.0. The monoisotopic (exact) mass is 376 g/mol. The van der Waals surface area contributed by atoms with Crippen LogP contribution in [0, 0.1) is 13.8 Å². The van der Waals surface area contributed by atoms with E-state index in [9.17, 15) is 4.79 Å². The predicted octanol–water partition coefficient (Wildman–Crippen LogP) is 2.96. The van der Waals surface area contributed by atoms with E-state index in [1.807, 2.05) is 34.8 Å². The predicted molar refractivity (Wildman–Crippen MR) is 98.5 cm³/mol. The molecule has 0 unspecified atom stereocenters. The number of likely N-dealkylation sites (tertiary alicyclic amines) is 1. The lowest BCUT2D eigenvalue weighted by Gasteiger charge is -2.30. The average molecular weight is 377 g/mol. The van der Waals surface area contributed by atoms with Crippen molar-refractivity contribution in [2.24, 2.45) is 5.73 Å². The highest BCUT2D eigenvalue weighted by Gasteiger charge is 2.25. The molecular weight excluding hydrogens is 355 g/mol. The molecule has 0 bridgehead atoms. The first-order valence-corrected chi connectivity index (χ1v) is 8.09. The van der Waals surface area contributed by atoms with Crippen LogP contribution in [0.5, 0.6) is 0 Å². The Balaban J connectivity index is 0.00000132. The number of nitrogens with zero attached hydrogens (tertiary/aromatic N) is 3. The van der Waals surface area contributed by atoms with Gasteiger partial charge < -0.3 is 10.6 Å². The van der Waals surface area contributed by atoms with Crippen molar-refractivity contribution < 1.29 is 4.79 Å². The maximum absolute atomic E-state index is 12.7. The maximum atomic E-state index is 12.7. The summed E-state index contributed by atoms with van der Waals surface area (Å²) < 4.78 is 2.05. The lowest BCUT2D eigenvalue weighted by atomic mass is 10.1. The molecule has 0 aliphatic carbocycles. The van der Waals surface area contributed by atoms with Crippen molar-refractivity contribution in [1.29, 1.82) is 0 Å². The first-order valence-electron chi connectivity index (χ1n) is 7.21. The number of thiazole rings is 1. The second kappa shape index (κ2) is 8.15. The van der Waals surface area contributed by atoms with Crippen LogP contribution >= 0.6 is 36.2 Å². The van der Waals surface area contributed by atoms with Crippen LogP contribution in [-0.2, 0) is 0 Å². The Kier molecular flexibility index (Phi) is 7.07. The minimum absolute atomic E-state index is 0. The molecule has 2 aromatic rings. The van der Waals surface area contributed by atoms with E-state index in [-0.39, 0.29) is 36.8 Å². The number of hydrogen-bond acceptors (Lipinski definition) is 4. The molecule has 0 atom stereocenters. The third-order valence-electron chi connectivity index (χ3n) is 4.10. The topological polar surface area (TPSA) is 64.2 Å². The molecule has 2 N–H and O–H groups in total. The number of amides is 1. The first-order chi connectivity index (χ1) is 10.1. The highest BCUT2D eigenvalue weighted by atomic mass is 35.5. The molecule has 5 nitrogen and oxygen atoms in total. The zero-order chi connectivity index (χ0) is 15.0. The largest absolute Gasteiger partial charge is 0.338 e. The zero-order valence-electron chi connectivity index (χ0n) is 13.2. The number of rotatable bonds is 2. The van der Waals surface area contributed by atoms with Gasteiger partial charge in [-0.25, -0.2) is 4.98 Å². The average Bonchev–Trinajstić information content (AvgIpc) is 3.07. The Morgan fingerprint density at radius 2 is 1.96 bits per heavy atom. The molecule has 1 saturated heterocycles. The van der Waals surface area contributed by atoms with Crippen molar-refractivity contribution >= 4 is 42.1 Å². The first kappa shape index (κ1) is 20.0. The second-order valence-corrected chi connectivity index (χ2v) is 6.44. The van der Waals surface area contributed by atoms with E-state index in [0.717, 1.165) is 48.0 Å². The molecule has 0 spiro atoms. The van der Waals surface area contributed by atoms with Gasteiger partial charge in [0, 0.05) is 42.1 Å². The number of hydrogen-bond donors (Lipinski definition) is 1. The number of carbonyl (C=O) groups excluding carboxylic acids is 1. The van der Waals surface area contributed by atoms with E-state index in [4.69, 9.17) is 5.73 Å². The molecule has 1 aliphatic heterocycles. The second-order valence-electron chi connectivity index (χ2n) is 5.56. The minimum Gasteiger partial charge on any atom is -0.338 e. The van der Waals surface area contributed by atoms with Crippen LogP contribution in [0.15, 0.2) is 17.6 Å². The van der Waals surface area contributed by atoms with Gasteiger partial charge in [0.05, 0.1) is 5.56 Å². The lowest BCUT2D eigenvalue weighted by molar-refractivity contribution is 0.0714. The Morgan fingerprint density at radius 1 is 1.30 bits per heavy atom. The summed E-state index contributed by atoms with van der Waals surface area (Å²) in [6, 6.07) is 2.20. The lowest BCUT2D eigenvalue weighted by Crippen LogP contribution is -2.42. The smallest absolute Gasteiger partial charge is 0.255 e. The summed E-state index contributed by atoms with van der Waals surface area (Å²) in [6.07, 6.45) is 3.56. The summed E-state index contributed by atoms with van der Waals surface area (Å²) in [5.41, 5.74) is 8.69. The van der Waals surface area contributed by atoms with Crippen molar-refractivity contribution in [3.05, 3.63) is 34.6 Å². The molecule has 3 rings (SSSR count). The van der Waals surface area contributed by atoms with Crippen molar-refractivity contribution in [2.75, 3.05) is 13.1 Å². The Bertz CT molecular complexity index is 649. The summed E-state index contributed by atoms with van der Waals surface area (Å²) in [6.45, 7) is 5.50. The summed E-state index contributed by atoms with van der Waals surface area (Å²) >= 11 is 1.58. The highest BCUT2D eigenvalue weighted by Crippen LogP contribution is 2.24. The molecular formula is C15H22Cl2N4OS. The summed E-state index contributed by atoms with van der Waals surface area (Å²) in [4.78, 5) is 19.0. The van der Waals surface area contributed by atoms with E-state index in [1.54, 1.807) is 17.5 Å². The van der Waals surface area contributed by atoms with Crippen LogP contribution in [-0.4, -0.2) is 39.5 Å². The van der Waals surface area contributed by atoms with Gasteiger partial charge >= 0.3 is 0 Å². The van der Waals surface area contributed by atoms with Crippen LogP contribution < -0.4 is 5.73 Å². The van der Waals surface area contributed by atoms with E-state index in [0.29, 0.717) is 0 Å². The van der Waals surface area contributed by atoms with Crippen molar-refractivity contribution in [2.45, 2.75) is 32.7 Å². The van der Waals surface area contributed by atoms with Gasteiger partial charge in [0.2, 0.25) is 0 Å². The fourth-order valence-corrected chi connectivity index (χ4v) is 3.62. The van der Waals surface area contributed by atoms with E-state index in [1.165, 1.54) is 0 Å². The van der Waals surface area contributed by atoms with Crippen LogP contribution in [0.2, 0.25) is 0 Å². The molecule has 128 valence electrons. The maximum Gasteiger partial charge on any atom is 0.255 e. The molecule has 0 saturated carbocycles. The van der Waals surface area contributed by atoms with Gasteiger partial charge in [-0.1, -0.05) is 0 Å². The Morgan fingerprint density at radius 3 is 2.52 bits per heavy atom. The minimum atomic E-state index is 0. The van der Waals surface area contributed by atoms with Gasteiger partial charge in [-0.2, -0.15) is 0 Å². The van der Waals surface area contributed by atoms with Gasteiger partial charge in [-0.15, -0.1) is 36.2 Å². The van der Waals surface area contributed by atoms with Gasteiger partial charge in [-0.3, -0.25) is 9.36 Å². The number of halogens is 2. The van der Waals surface area contributed by atoms with Crippen LogP contribution in [0.4, 0.5) is 0 Å². The van der Waals surface area contributed by atoms with E-state index in [2.05, 4.69) is 4.98 Å². The summed E-state index contributed by atoms with van der Waals surface area (Å²) in [5, 5.41) is 2.85. The molecule has 8 heteroatoms. The zero-order valence-corrected chi connectivity index (χ0v) is 15.6. The van der Waals surface area contributed by atoms with Crippen molar-refractivity contribution in [3.63, 3.8) is 0 Å². The molecule has 3 heterocycles. The number of aryl methyl sites for hydroxylation is 1. The number of piperidine rings is 1. The number of carbonyl (C=O) groups is 1. The molecule has 0 radical (unpaired) electrons. The fourth-order valence-electron chi connectivity index (χ4n) is 2.87. The Hall–Kier alpha value is -1.08. The van der Waals surface area contributed by atoms with E-state index >= 15 is 0 Å². The fraction of sp³-hybridized carbons (Fsp3) is 0.467. The number of nitrogens with two attached hydrogens (primary N) is 1. The van der Waals surface area contributed by atoms with Crippen LogP contribution in [0.3, 0.4) is 0 Å². The van der Waals surface area contributed by atoms with Gasteiger partial charge in [0.25, 0.3) is 5.91 Å². The van der Waals surface area contributed by atoms with Crippen molar-refractivity contribution in [3.8, 4) is 5.13 Å². The van der Waals surface area contributed by atoms with Crippen LogP contribution in [0.1, 0.15) is 34.6 Å². The van der Waals surface area contributed by atoms with Crippen molar-refractivity contribution in [1.82, 2.24) is 14.5 Å². The van der Waals surface area contributed by atoms with Gasteiger partial charge in [0.1, 0.15) is 0 Å². The number of aromatic nitrogens is 2. The van der Waals surface area contributed by atoms with E-state index < -0.39 is 0 Å². The summed E-state index contributed by atoms with van der Waals surface area (Å²) in [5.74, 6) is 0.109. The summed E-state index contributed by atoms with van der Waals surface area (Å²) in [7, 11) is 0. The third-order valence-corrected chi connectivity index (χ3v) is 4.86. The third kappa shape index (κ3) is 3.88. The quantitative estimate of drug-likeness (QED) is 0.875.